The smallest absolute Gasteiger partial charge is 0.338 e. The number of hydrogen-bond acceptors (Lipinski definition) is 4. The molecule has 0 bridgehead atoms. The molecule has 0 radical (unpaired) electrons. The van der Waals surface area contributed by atoms with Gasteiger partial charge in [0.25, 0.3) is 10.0 Å². The van der Waals surface area contributed by atoms with Crippen LogP contribution in [-0.2, 0) is 27.6 Å². The van der Waals surface area contributed by atoms with Crippen molar-refractivity contribution in [1.29, 1.82) is 0 Å². The second-order valence-corrected chi connectivity index (χ2v) is 7.72. The van der Waals surface area contributed by atoms with E-state index in [0.717, 1.165) is 31.2 Å². The topological polar surface area (TPSA) is 72.5 Å². The highest BCUT2D eigenvalue weighted by Crippen LogP contribution is 2.25. The lowest BCUT2D eigenvalue weighted by Crippen LogP contribution is -2.14. The fourth-order valence-corrected chi connectivity index (χ4v) is 4.09. The third kappa shape index (κ3) is 4.02. The Morgan fingerprint density at radius 1 is 1.04 bits per heavy atom. The Bertz CT molecular complexity index is 873. The number of carbonyl (C=O) groups excluding carboxylic acids is 1. The summed E-state index contributed by atoms with van der Waals surface area (Å²) in [5.74, 6) is -0.424. The number of hydrogen-bond donors (Lipinski definition) is 1. The maximum atomic E-state index is 12.6. The van der Waals surface area contributed by atoms with Crippen LogP contribution in [0.25, 0.3) is 0 Å². The number of nitrogens with one attached hydrogen (secondary N) is 1. The fraction of sp³-hybridized carbons (Fsp3) is 0.316. The van der Waals surface area contributed by atoms with Crippen molar-refractivity contribution < 1.29 is 17.9 Å². The van der Waals surface area contributed by atoms with Crippen molar-refractivity contribution in [3.63, 3.8) is 0 Å². The van der Waals surface area contributed by atoms with Gasteiger partial charge in [-0.2, -0.15) is 0 Å². The minimum atomic E-state index is -3.66. The van der Waals surface area contributed by atoms with Crippen LogP contribution >= 0.6 is 0 Å². The van der Waals surface area contributed by atoms with Gasteiger partial charge in [0, 0.05) is 5.69 Å². The van der Waals surface area contributed by atoms with Crippen LogP contribution < -0.4 is 4.72 Å². The predicted molar refractivity (Wildman–Crippen MR) is 96.3 cm³/mol. The molecule has 0 spiro atoms. The fourth-order valence-electron chi connectivity index (χ4n) is 2.98. The summed E-state index contributed by atoms with van der Waals surface area (Å²) in [5.41, 5.74) is 3.15. The van der Waals surface area contributed by atoms with E-state index in [1.54, 1.807) is 43.3 Å². The number of anilines is 1. The van der Waals surface area contributed by atoms with E-state index in [1.807, 2.05) is 6.07 Å². The molecule has 0 heterocycles. The standard InChI is InChI=1S/C19H21NO4S/c1-2-24-19(21)15-7-10-17(11-8-15)20-25(22,23)18-12-9-14-5-3-4-6-16(14)13-18/h7-13,20H,2-6H2,1H3. The van der Waals surface area contributed by atoms with E-state index < -0.39 is 16.0 Å². The molecule has 3 rings (SSSR count). The highest BCUT2D eigenvalue weighted by atomic mass is 32.2. The molecule has 1 aliphatic rings. The van der Waals surface area contributed by atoms with Gasteiger partial charge in [-0.25, -0.2) is 13.2 Å². The molecule has 0 fully saturated rings. The maximum Gasteiger partial charge on any atom is 0.338 e. The minimum Gasteiger partial charge on any atom is -0.462 e. The van der Waals surface area contributed by atoms with Crippen LogP contribution in [0.15, 0.2) is 47.4 Å². The molecule has 0 unspecified atom stereocenters. The van der Waals surface area contributed by atoms with E-state index in [4.69, 9.17) is 4.74 Å². The van der Waals surface area contributed by atoms with Gasteiger partial charge in [-0.15, -0.1) is 0 Å². The number of sulfonamides is 1. The van der Waals surface area contributed by atoms with Crippen molar-refractivity contribution in [2.24, 2.45) is 0 Å². The van der Waals surface area contributed by atoms with Crippen LogP contribution in [0.4, 0.5) is 5.69 Å². The van der Waals surface area contributed by atoms with Gasteiger partial charge in [-0.3, -0.25) is 4.72 Å². The lowest BCUT2D eigenvalue weighted by molar-refractivity contribution is 0.0526. The van der Waals surface area contributed by atoms with Gasteiger partial charge in [-0.1, -0.05) is 6.07 Å². The van der Waals surface area contributed by atoms with Crippen molar-refractivity contribution in [3.8, 4) is 0 Å². The normalized spacial score (nSPS) is 13.8. The summed E-state index contributed by atoms with van der Waals surface area (Å²) in [4.78, 5) is 11.9. The van der Waals surface area contributed by atoms with Gasteiger partial charge in [0.1, 0.15) is 0 Å². The third-order valence-electron chi connectivity index (χ3n) is 4.28. The molecule has 0 aromatic heterocycles. The molecular formula is C19H21NO4S. The number of rotatable bonds is 5. The number of ether oxygens (including phenoxy) is 1. The second kappa shape index (κ2) is 7.27. The van der Waals surface area contributed by atoms with Gasteiger partial charge >= 0.3 is 5.97 Å². The number of aryl methyl sites for hydroxylation is 2. The van der Waals surface area contributed by atoms with Crippen LogP contribution in [0.3, 0.4) is 0 Å². The quantitative estimate of drug-likeness (QED) is 0.829. The lowest BCUT2D eigenvalue weighted by Gasteiger charge is -2.17. The number of fused-ring (bicyclic) bond motifs is 1. The Morgan fingerprint density at radius 2 is 1.72 bits per heavy atom. The van der Waals surface area contributed by atoms with Crippen molar-refractivity contribution in [3.05, 3.63) is 59.2 Å². The first-order chi connectivity index (χ1) is 12.0. The third-order valence-corrected chi connectivity index (χ3v) is 5.66. The first kappa shape index (κ1) is 17.5. The second-order valence-electron chi connectivity index (χ2n) is 6.04. The summed E-state index contributed by atoms with van der Waals surface area (Å²) in [6.07, 6.45) is 4.19. The molecule has 0 aliphatic heterocycles. The average molecular weight is 359 g/mol. The summed E-state index contributed by atoms with van der Waals surface area (Å²) in [7, 11) is -3.66. The van der Waals surface area contributed by atoms with Crippen molar-refractivity contribution in [1.82, 2.24) is 0 Å². The largest absolute Gasteiger partial charge is 0.462 e. The molecule has 0 saturated carbocycles. The van der Waals surface area contributed by atoms with E-state index in [9.17, 15) is 13.2 Å². The molecule has 25 heavy (non-hydrogen) atoms. The van der Waals surface area contributed by atoms with Crippen molar-refractivity contribution in [2.75, 3.05) is 11.3 Å². The Kier molecular flexibility index (Phi) is 5.08. The van der Waals surface area contributed by atoms with Crippen LogP contribution in [0.5, 0.6) is 0 Å². The summed E-state index contributed by atoms with van der Waals surface area (Å²) in [5, 5.41) is 0. The van der Waals surface area contributed by atoms with E-state index in [2.05, 4.69) is 4.72 Å². The summed E-state index contributed by atoms with van der Waals surface area (Å²) < 4.78 is 32.7. The summed E-state index contributed by atoms with van der Waals surface area (Å²) in [6.45, 7) is 2.03. The molecule has 132 valence electrons. The zero-order valence-corrected chi connectivity index (χ0v) is 14.9. The van der Waals surface area contributed by atoms with Gasteiger partial charge < -0.3 is 4.74 Å². The summed E-state index contributed by atoms with van der Waals surface area (Å²) in [6, 6.07) is 11.5. The SMILES string of the molecule is CCOC(=O)c1ccc(NS(=O)(=O)c2ccc3c(c2)CCCC3)cc1. The molecule has 2 aromatic rings. The van der Waals surface area contributed by atoms with Gasteiger partial charge in [-0.05, 0) is 80.1 Å². The van der Waals surface area contributed by atoms with Crippen LogP contribution in [0, 0.1) is 0 Å². The average Bonchev–Trinajstić information content (AvgIpc) is 2.62. The lowest BCUT2D eigenvalue weighted by atomic mass is 9.92. The monoisotopic (exact) mass is 359 g/mol. The highest BCUT2D eigenvalue weighted by Gasteiger charge is 2.18. The Labute approximate surface area is 148 Å². The molecule has 6 heteroatoms. The molecule has 1 aliphatic carbocycles. The van der Waals surface area contributed by atoms with E-state index in [-0.39, 0.29) is 4.90 Å². The van der Waals surface area contributed by atoms with Gasteiger partial charge in [0.15, 0.2) is 0 Å². The minimum absolute atomic E-state index is 0.266. The highest BCUT2D eigenvalue weighted by molar-refractivity contribution is 7.92. The molecule has 0 atom stereocenters. The van der Waals surface area contributed by atoms with Crippen LogP contribution in [0.2, 0.25) is 0 Å². The summed E-state index contributed by atoms with van der Waals surface area (Å²) >= 11 is 0. The molecular weight excluding hydrogens is 338 g/mol. The van der Waals surface area contributed by atoms with Crippen LogP contribution in [0.1, 0.15) is 41.3 Å². The Hall–Kier alpha value is -2.34. The van der Waals surface area contributed by atoms with Crippen LogP contribution in [-0.4, -0.2) is 21.0 Å². The predicted octanol–water partition coefficient (Wildman–Crippen LogP) is 3.54. The van der Waals surface area contributed by atoms with Crippen molar-refractivity contribution in [2.45, 2.75) is 37.5 Å². The first-order valence-electron chi connectivity index (χ1n) is 8.41. The number of benzene rings is 2. The first-order valence-corrected chi connectivity index (χ1v) is 9.90. The number of carbonyl (C=O) groups is 1. The molecule has 5 nitrogen and oxygen atoms in total. The van der Waals surface area contributed by atoms with E-state index in [1.165, 1.54) is 5.56 Å². The molecule has 2 aromatic carbocycles. The zero-order chi connectivity index (χ0) is 17.9. The molecule has 1 N–H and O–H groups in total. The number of esters is 1. The Balaban J connectivity index is 1.78. The zero-order valence-electron chi connectivity index (χ0n) is 14.1. The van der Waals surface area contributed by atoms with E-state index in [0.29, 0.717) is 17.9 Å². The van der Waals surface area contributed by atoms with Gasteiger partial charge in [0.05, 0.1) is 17.1 Å². The van der Waals surface area contributed by atoms with E-state index >= 15 is 0 Å². The van der Waals surface area contributed by atoms with Gasteiger partial charge in [0.2, 0.25) is 0 Å². The Morgan fingerprint density at radius 3 is 2.40 bits per heavy atom. The molecule has 0 saturated heterocycles. The molecule has 0 amide bonds. The van der Waals surface area contributed by atoms with Crippen molar-refractivity contribution >= 4 is 21.7 Å². The maximum absolute atomic E-state index is 12.6.